The molecule has 22 heavy (non-hydrogen) atoms. The fraction of sp³-hybridized carbons (Fsp3) is 0.895. The molecule has 0 saturated heterocycles. The zero-order chi connectivity index (χ0) is 16.5. The summed E-state index contributed by atoms with van der Waals surface area (Å²) in [4.78, 5) is 0. The summed E-state index contributed by atoms with van der Waals surface area (Å²) in [6.07, 6.45) is 23.1. The maximum absolute atomic E-state index is 6.02. The van der Waals surface area contributed by atoms with Crippen molar-refractivity contribution in [1.29, 1.82) is 0 Å². The Morgan fingerprint density at radius 2 is 1.00 bits per heavy atom. The summed E-state index contributed by atoms with van der Waals surface area (Å²) in [5.41, 5.74) is 2.03. The molecule has 0 saturated carbocycles. The second-order valence-corrected chi connectivity index (χ2v) is 14.3. The van der Waals surface area contributed by atoms with Crippen LogP contribution in [0.5, 0.6) is 0 Å². The van der Waals surface area contributed by atoms with Crippen LogP contribution >= 0.6 is 22.2 Å². The summed E-state index contributed by atoms with van der Waals surface area (Å²) in [5, 5.41) is 0. The Labute approximate surface area is 150 Å². The number of halogens is 2. The molecule has 0 atom stereocenters. The van der Waals surface area contributed by atoms with Gasteiger partial charge in [0.25, 0.3) is 6.69 Å². The zero-order valence-electron chi connectivity index (χ0n) is 15.0. The quantitative estimate of drug-likeness (QED) is 0.146. The van der Waals surface area contributed by atoms with Crippen molar-refractivity contribution < 1.29 is 0 Å². The van der Waals surface area contributed by atoms with Crippen LogP contribution in [0.4, 0.5) is 0 Å². The highest BCUT2D eigenvalue weighted by Crippen LogP contribution is 2.16. The molecule has 0 bridgehead atoms. The van der Waals surface area contributed by atoms with E-state index in [0.717, 1.165) is 6.42 Å². The van der Waals surface area contributed by atoms with Crippen LogP contribution in [0.15, 0.2) is 11.8 Å². The van der Waals surface area contributed by atoms with Gasteiger partial charge in [-0.05, 0) is 19.4 Å². The van der Waals surface area contributed by atoms with Gasteiger partial charge in [0.1, 0.15) is 0 Å². The van der Waals surface area contributed by atoms with E-state index in [-0.39, 0.29) is 0 Å². The third-order valence-corrected chi connectivity index (χ3v) is 5.71. The molecule has 0 radical (unpaired) electrons. The van der Waals surface area contributed by atoms with E-state index in [1.165, 1.54) is 89.9 Å². The minimum absolute atomic E-state index is 1.14. The molecule has 3 heteroatoms. The lowest BCUT2D eigenvalue weighted by molar-refractivity contribution is 0.536. The van der Waals surface area contributed by atoms with Gasteiger partial charge in [-0.3, -0.25) is 0 Å². The summed E-state index contributed by atoms with van der Waals surface area (Å²) < 4.78 is 0. The molecule has 0 heterocycles. The lowest BCUT2D eigenvalue weighted by atomic mass is 10.0. The molecule has 0 aliphatic heterocycles. The van der Waals surface area contributed by atoms with Gasteiger partial charge in [0.2, 0.25) is 0 Å². The Bertz CT molecular complexity index is 246. The summed E-state index contributed by atoms with van der Waals surface area (Å²) >= 11 is 12.0. The molecule has 0 unspecified atom stereocenters. The molecule has 0 fully saturated rings. The van der Waals surface area contributed by atoms with Crippen LogP contribution < -0.4 is 0 Å². The average molecular weight is 366 g/mol. The van der Waals surface area contributed by atoms with E-state index in [0.29, 0.717) is 0 Å². The van der Waals surface area contributed by atoms with Crippen molar-refractivity contribution in [2.45, 2.75) is 110 Å². The first-order valence-corrected chi connectivity index (χ1v) is 14.2. The van der Waals surface area contributed by atoms with Crippen LogP contribution in [0.1, 0.15) is 103 Å². The molecule has 0 aromatic heterocycles. The molecule has 132 valence electrons. The molecular weight excluding hydrogens is 327 g/mol. The highest BCUT2D eigenvalue weighted by atomic mass is 35.7. The Hall–Kier alpha value is 0.537. The third kappa shape index (κ3) is 20.5. The van der Waals surface area contributed by atoms with E-state index >= 15 is 0 Å². The first-order chi connectivity index (χ1) is 10.6. The first kappa shape index (κ1) is 22.5. The number of unbranched alkanes of at least 4 members (excludes halogenated alkanes) is 14. The van der Waals surface area contributed by atoms with Gasteiger partial charge < -0.3 is 0 Å². The summed E-state index contributed by atoms with van der Waals surface area (Å²) in [7, 11) is 0. The summed E-state index contributed by atoms with van der Waals surface area (Å²) in [6.45, 7) is 2.23. The van der Waals surface area contributed by atoms with Crippen molar-refractivity contribution in [2.75, 3.05) is 0 Å². The highest BCUT2D eigenvalue weighted by molar-refractivity contribution is 7.47. The van der Waals surface area contributed by atoms with Crippen molar-refractivity contribution in [2.24, 2.45) is 0 Å². The van der Waals surface area contributed by atoms with E-state index in [4.69, 9.17) is 22.2 Å². The molecule has 0 nitrogen and oxygen atoms in total. The van der Waals surface area contributed by atoms with Crippen molar-refractivity contribution in [3.8, 4) is 0 Å². The Kier molecular flexibility index (Phi) is 16.8. The van der Waals surface area contributed by atoms with E-state index in [2.05, 4.69) is 13.0 Å². The van der Waals surface area contributed by atoms with E-state index in [1.807, 2.05) is 12.2 Å². The maximum atomic E-state index is 6.02. The highest BCUT2D eigenvalue weighted by Gasteiger charge is 2.14. The van der Waals surface area contributed by atoms with Gasteiger partial charge in [-0.15, -0.1) is 22.2 Å². The second kappa shape index (κ2) is 16.4. The number of hydrogen-bond acceptors (Lipinski definition) is 0. The molecule has 0 aromatic carbocycles. The van der Waals surface area contributed by atoms with Gasteiger partial charge in [0.15, 0.2) is 0 Å². The zero-order valence-corrected chi connectivity index (χ0v) is 17.5. The maximum Gasteiger partial charge on any atom is 0.270 e. The van der Waals surface area contributed by atoms with Gasteiger partial charge in [-0.2, -0.15) is 0 Å². The molecule has 0 aliphatic carbocycles. The van der Waals surface area contributed by atoms with Gasteiger partial charge in [0.05, 0.1) is 0 Å². The van der Waals surface area contributed by atoms with Crippen molar-refractivity contribution >= 4 is 28.9 Å². The van der Waals surface area contributed by atoms with Crippen LogP contribution in [0, 0.1) is 0 Å². The molecule has 0 aliphatic rings. The smallest absolute Gasteiger partial charge is 0.141 e. The normalized spacial score (nSPS) is 12.4. The van der Waals surface area contributed by atoms with Crippen LogP contribution in [0.25, 0.3) is 0 Å². The van der Waals surface area contributed by atoms with Gasteiger partial charge in [-0.25, -0.2) is 0 Å². The fourth-order valence-corrected chi connectivity index (χ4v) is 3.86. The Balaban J connectivity index is 3.07. The van der Waals surface area contributed by atoms with Gasteiger partial charge >= 0.3 is 0 Å². The van der Waals surface area contributed by atoms with Crippen LogP contribution in [0.2, 0.25) is 6.55 Å². The van der Waals surface area contributed by atoms with E-state index < -0.39 is 6.69 Å². The lowest BCUT2D eigenvalue weighted by Crippen LogP contribution is -2.07. The molecule has 0 rings (SSSR count). The average Bonchev–Trinajstić information content (AvgIpc) is 2.45. The van der Waals surface area contributed by atoms with Gasteiger partial charge in [0, 0.05) is 0 Å². The van der Waals surface area contributed by atoms with Crippen molar-refractivity contribution in [3.05, 3.63) is 11.8 Å². The molecule has 0 N–H and O–H groups in total. The van der Waals surface area contributed by atoms with Crippen LogP contribution in [0.3, 0.4) is 0 Å². The monoisotopic (exact) mass is 364 g/mol. The predicted molar refractivity (Wildman–Crippen MR) is 107 cm³/mol. The van der Waals surface area contributed by atoms with Crippen LogP contribution in [-0.4, -0.2) is 6.69 Å². The van der Waals surface area contributed by atoms with Gasteiger partial charge in [-0.1, -0.05) is 102 Å². The molecular formula is C19H38Cl2Si. The first-order valence-electron chi connectivity index (χ1n) is 9.62. The van der Waals surface area contributed by atoms with E-state index in [1.54, 1.807) is 0 Å². The summed E-state index contributed by atoms with van der Waals surface area (Å²) in [6, 6.07) is 0. The fourth-order valence-electron chi connectivity index (χ4n) is 2.75. The summed E-state index contributed by atoms with van der Waals surface area (Å²) in [5.74, 6) is 0. The number of rotatable bonds is 16. The minimum atomic E-state index is -2.00. The lowest BCUT2D eigenvalue weighted by Gasteiger charge is -2.03. The predicted octanol–water partition coefficient (Wildman–Crippen LogP) is 8.50. The molecule has 0 spiro atoms. The second-order valence-electron chi connectivity index (χ2n) is 6.74. The van der Waals surface area contributed by atoms with E-state index in [9.17, 15) is 0 Å². The third-order valence-electron chi connectivity index (χ3n) is 4.13. The molecule has 0 amide bonds. The largest absolute Gasteiger partial charge is 0.270 e. The van der Waals surface area contributed by atoms with Crippen LogP contribution in [-0.2, 0) is 0 Å². The standard InChI is InChI=1S/C19H38Cl2Si/c1-3-4-5-6-7-8-9-10-11-12-13-14-15-16-17-18-19-22(2,20)21/h18-19H,3-17H2,1-2H3. The minimum Gasteiger partial charge on any atom is -0.141 e. The SMILES string of the molecule is CCCCCCCCCCCCCCCCC=C[Si](C)(Cl)Cl. The Morgan fingerprint density at radius 1 is 0.636 bits per heavy atom. The topological polar surface area (TPSA) is 0 Å². The van der Waals surface area contributed by atoms with Crippen molar-refractivity contribution in [3.63, 3.8) is 0 Å². The molecule has 0 aromatic rings. The van der Waals surface area contributed by atoms with Crippen molar-refractivity contribution in [1.82, 2.24) is 0 Å². The number of hydrogen-bond donors (Lipinski definition) is 0. The number of allylic oxidation sites excluding steroid dienone is 1. The Morgan fingerprint density at radius 3 is 1.36 bits per heavy atom.